The van der Waals surface area contributed by atoms with Crippen LogP contribution in [0.25, 0.3) is 0 Å². The summed E-state index contributed by atoms with van der Waals surface area (Å²) in [5.41, 5.74) is 3.08. The topological polar surface area (TPSA) is 24.9 Å². The highest BCUT2D eigenvalue weighted by molar-refractivity contribution is 7.07. The van der Waals surface area contributed by atoms with E-state index in [1.54, 1.807) is 11.3 Å². The van der Waals surface area contributed by atoms with Crippen molar-refractivity contribution in [2.75, 3.05) is 0 Å². The SMILES string of the molecule is CCCC1CC1NCc1cscn1. The summed E-state index contributed by atoms with van der Waals surface area (Å²) < 4.78 is 0. The molecule has 0 aliphatic heterocycles. The van der Waals surface area contributed by atoms with Crippen LogP contribution in [0.3, 0.4) is 0 Å². The van der Waals surface area contributed by atoms with Crippen LogP contribution < -0.4 is 5.32 Å². The third-order valence-corrected chi connectivity index (χ3v) is 3.25. The molecule has 1 aromatic rings. The van der Waals surface area contributed by atoms with Gasteiger partial charge in [0.25, 0.3) is 0 Å². The van der Waals surface area contributed by atoms with Crippen LogP contribution in [0.15, 0.2) is 10.9 Å². The Kier molecular flexibility index (Phi) is 2.96. The third kappa shape index (κ3) is 2.51. The summed E-state index contributed by atoms with van der Waals surface area (Å²) in [6.45, 7) is 3.21. The fourth-order valence-corrected chi connectivity index (χ4v) is 2.31. The van der Waals surface area contributed by atoms with Crippen LogP contribution in [0.1, 0.15) is 31.9 Å². The Morgan fingerprint density at radius 1 is 1.69 bits per heavy atom. The Balaban J connectivity index is 1.65. The van der Waals surface area contributed by atoms with Gasteiger partial charge in [0.2, 0.25) is 0 Å². The van der Waals surface area contributed by atoms with Crippen molar-refractivity contribution < 1.29 is 0 Å². The van der Waals surface area contributed by atoms with E-state index in [9.17, 15) is 0 Å². The number of thiazole rings is 1. The molecule has 2 nitrogen and oxygen atoms in total. The maximum absolute atomic E-state index is 4.24. The second-order valence-corrected chi connectivity index (χ2v) is 4.47. The molecule has 2 atom stereocenters. The van der Waals surface area contributed by atoms with Gasteiger partial charge >= 0.3 is 0 Å². The smallest absolute Gasteiger partial charge is 0.0795 e. The van der Waals surface area contributed by atoms with Crippen LogP contribution in [-0.4, -0.2) is 11.0 Å². The summed E-state index contributed by atoms with van der Waals surface area (Å²) in [5, 5.41) is 5.65. The predicted octanol–water partition coefficient (Wildman–Crippen LogP) is 2.42. The molecule has 0 radical (unpaired) electrons. The zero-order chi connectivity index (χ0) is 9.10. The van der Waals surface area contributed by atoms with E-state index in [4.69, 9.17) is 0 Å². The van der Waals surface area contributed by atoms with Crippen LogP contribution in [0.4, 0.5) is 0 Å². The quantitative estimate of drug-likeness (QED) is 0.782. The minimum Gasteiger partial charge on any atom is -0.308 e. The van der Waals surface area contributed by atoms with Gasteiger partial charge in [0, 0.05) is 18.0 Å². The largest absolute Gasteiger partial charge is 0.308 e. The van der Waals surface area contributed by atoms with E-state index in [2.05, 4.69) is 22.6 Å². The number of hydrogen-bond donors (Lipinski definition) is 1. The highest BCUT2D eigenvalue weighted by atomic mass is 32.1. The van der Waals surface area contributed by atoms with Crippen LogP contribution in [0.2, 0.25) is 0 Å². The average molecular weight is 196 g/mol. The van der Waals surface area contributed by atoms with Crippen LogP contribution in [-0.2, 0) is 6.54 Å². The van der Waals surface area contributed by atoms with Crippen molar-refractivity contribution in [1.29, 1.82) is 0 Å². The number of rotatable bonds is 5. The molecule has 0 spiro atoms. The zero-order valence-electron chi connectivity index (χ0n) is 7.99. The Morgan fingerprint density at radius 2 is 2.62 bits per heavy atom. The number of aromatic nitrogens is 1. The maximum Gasteiger partial charge on any atom is 0.0795 e. The van der Waals surface area contributed by atoms with Gasteiger partial charge in [-0.3, -0.25) is 0 Å². The summed E-state index contributed by atoms with van der Waals surface area (Å²) in [5.74, 6) is 0.948. The van der Waals surface area contributed by atoms with Gasteiger partial charge in [0.15, 0.2) is 0 Å². The first-order valence-electron chi connectivity index (χ1n) is 5.00. The van der Waals surface area contributed by atoms with Crippen LogP contribution in [0.5, 0.6) is 0 Å². The lowest BCUT2D eigenvalue weighted by molar-refractivity contribution is 0.595. The van der Waals surface area contributed by atoms with Gasteiger partial charge in [-0.05, 0) is 18.8 Å². The van der Waals surface area contributed by atoms with Gasteiger partial charge in [-0.1, -0.05) is 13.3 Å². The molecule has 72 valence electrons. The fraction of sp³-hybridized carbons (Fsp3) is 0.700. The van der Waals surface area contributed by atoms with Crippen molar-refractivity contribution in [3.8, 4) is 0 Å². The molecular formula is C10H16N2S. The minimum absolute atomic E-state index is 0.779. The molecule has 0 saturated heterocycles. The number of nitrogens with zero attached hydrogens (tertiary/aromatic N) is 1. The molecule has 1 aliphatic carbocycles. The third-order valence-electron chi connectivity index (χ3n) is 2.61. The second kappa shape index (κ2) is 4.20. The van der Waals surface area contributed by atoms with E-state index >= 15 is 0 Å². The first kappa shape index (κ1) is 9.16. The molecule has 0 aromatic carbocycles. The van der Waals surface area contributed by atoms with Crippen molar-refractivity contribution in [2.24, 2.45) is 5.92 Å². The molecule has 3 heteroatoms. The van der Waals surface area contributed by atoms with Crippen LogP contribution >= 0.6 is 11.3 Å². The molecule has 1 aliphatic rings. The normalized spacial score (nSPS) is 26.2. The summed E-state index contributed by atoms with van der Waals surface area (Å²) in [6.07, 6.45) is 4.08. The van der Waals surface area contributed by atoms with Crippen LogP contribution in [0, 0.1) is 5.92 Å². The van der Waals surface area contributed by atoms with Gasteiger partial charge in [0.1, 0.15) is 0 Å². The van der Waals surface area contributed by atoms with E-state index in [0.29, 0.717) is 0 Å². The van der Waals surface area contributed by atoms with Crippen molar-refractivity contribution in [2.45, 2.75) is 38.8 Å². The fourth-order valence-electron chi connectivity index (χ4n) is 1.75. The van der Waals surface area contributed by atoms with E-state index in [0.717, 1.165) is 18.5 Å². The Labute approximate surface area is 83.4 Å². The molecule has 13 heavy (non-hydrogen) atoms. The first-order chi connectivity index (χ1) is 6.40. The van der Waals surface area contributed by atoms with Gasteiger partial charge < -0.3 is 5.32 Å². The van der Waals surface area contributed by atoms with Gasteiger partial charge in [-0.25, -0.2) is 4.98 Å². The standard InChI is InChI=1S/C10H16N2S/c1-2-3-8-4-10(8)11-5-9-6-13-7-12-9/h6-8,10-11H,2-5H2,1H3. The molecule has 0 bridgehead atoms. The highest BCUT2D eigenvalue weighted by Crippen LogP contribution is 2.34. The lowest BCUT2D eigenvalue weighted by Crippen LogP contribution is -2.17. The molecule has 2 rings (SSSR count). The van der Waals surface area contributed by atoms with Crippen molar-refractivity contribution in [3.05, 3.63) is 16.6 Å². The molecular weight excluding hydrogens is 180 g/mol. The average Bonchev–Trinajstić information content (AvgIpc) is 2.66. The molecule has 1 N–H and O–H groups in total. The van der Waals surface area contributed by atoms with Crippen molar-refractivity contribution in [1.82, 2.24) is 10.3 Å². The Morgan fingerprint density at radius 3 is 3.31 bits per heavy atom. The zero-order valence-corrected chi connectivity index (χ0v) is 8.81. The number of hydrogen-bond acceptors (Lipinski definition) is 3. The lowest BCUT2D eigenvalue weighted by atomic mass is 10.2. The molecule has 1 fully saturated rings. The molecule has 2 unspecified atom stereocenters. The maximum atomic E-state index is 4.24. The van der Waals surface area contributed by atoms with E-state index in [1.165, 1.54) is 25.0 Å². The van der Waals surface area contributed by atoms with E-state index < -0.39 is 0 Å². The Bertz CT molecular complexity index is 245. The molecule has 1 heterocycles. The molecule has 0 amide bonds. The lowest BCUT2D eigenvalue weighted by Gasteiger charge is -2.00. The van der Waals surface area contributed by atoms with Gasteiger partial charge in [0.05, 0.1) is 11.2 Å². The summed E-state index contributed by atoms with van der Waals surface area (Å²) >= 11 is 1.67. The summed E-state index contributed by atoms with van der Waals surface area (Å²) in [4.78, 5) is 4.24. The first-order valence-corrected chi connectivity index (χ1v) is 5.95. The monoisotopic (exact) mass is 196 g/mol. The Hall–Kier alpha value is -0.410. The second-order valence-electron chi connectivity index (χ2n) is 3.75. The van der Waals surface area contributed by atoms with Crippen molar-refractivity contribution >= 4 is 11.3 Å². The van der Waals surface area contributed by atoms with Gasteiger partial charge in [-0.2, -0.15) is 0 Å². The molecule has 1 saturated carbocycles. The minimum atomic E-state index is 0.779. The molecule has 1 aromatic heterocycles. The van der Waals surface area contributed by atoms with Gasteiger partial charge in [-0.15, -0.1) is 11.3 Å². The van der Waals surface area contributed by atoms with Crippen molar-refractivity contribution in [3.63, 3.8) is 0 Å². The summed E-state index contributed by atoms with van der Waals surface area (Å²) in [6, 6.07) is 0.779. The number of nitrogens with one attached hydrogen (secondary N) is 1. The van der Waals surface area contributed by atoms with E-state index in [-0.39, 0.29) is 0 Å². The highest BCUT2D eigenvalue weighted by Gasteiger charge is 2.35. The predicted molar refractivity (Wildman–Crippen MR) is 55.8 cm³/mol. The summed E-state index contributed by atoms with van der Waals surface area (Å²) in [7, 11) is 0. The van der Waals surface area contributed by atoms with E-state index in [1.807, 2.05) is 5.51 Å².